The fraction of sp³-hybridized carbons (Fsp3) is 0.897. The summed E-state index contributed by atoms with van der Waals surface area (Å²) in [4.78, 5) is 31.0. The minimum atomic E-state index is -0.0414. The lowest BCUT2D eigenvalue weighted by atomic mass is 10.1. The van der Waals surface area contributed by atoms with Gasteiger partial charge in [0.1, 0.15) is 6.10 Å². The van der Waals surface area contributed by atoms with E-state index in [1.807, 2.05) is 6.19 Å². The molecule has 0 rings (SSSR count). The molecule has 0 aliphatic heterocycles. The van der Waals surface area contributed by atoms with Crippen LogP contribution in [0.25, 0.3) is 0 Å². The maximum absolute atomic E-state index is 12.5. The van der Waals surface area contributed by atoms with Crippen LogP contribution in [0.15, 0.2) is 4.99 Å². The normalized spacial score (nSPS) is 12.1. The molecule has 0 aliphatic rings. The van der Waals surface area contributed by atoms with Crippen LogP contribution in [0.3, 0.4) is 0 Å². The lowest BCUT2D eigenvalue weighted by Crippen LogP contribution is -2.36. The third-order valence-electron chi connectivity index (χ3n) is 8.87. The summed E-state index contributed by atoms with van der Waals surface area (Å²) < 4.78 is 11.2. The second kappa shape index (κ2) is 36.0. The number of hydrogen-bond donors (Lipinski definition) is 2. The summed E-state index contributed by atoms with van der Waals surface area (Å²) >= 11 is 0. The highest BCUT2D eigenvalue weighted by Gasteiger charge is 2.14. The van der Waals surface area contributed by atoms with Crippen molar-refractivity contribution >= 4 is 17.9 Å². The van der Waals surface area contributed by atoms with E-state index in [1.165, 1.54) is 44.9 Å². The number of carbonyl (C=O) groups excluding carboxylic acids is 2. The first-order valence-corrected chi connectivity index (χ1v) is 19.9. The molecule has 0 aliphatic carbocycles. The quantitative estimate of drug-likeness (QED) is 0.0173. The molecule has 0 radical (unpaired) electrons. The Balaban J connectivity index is 4.29. The third-order valence-corrected chi connectivity index (χ3v) is 8.87. The monoisotopic (exact) mass is 678 g/mol. The Morgan fingerprint density at radius 1 is 0.667 bits per heavy atom. The Hall–Kier alpha value is -2.34. The molecular weight excluding hydrogens is 602 g/mol. The number of nitrogens with zero attached hydrogens (tertiary/aromatic N) is 3. The van der Waals surface area contributed by atoms with Crippen LogP contribution in [0.4, 0.5) is 0 Å². The van der Waals surface area contributed by atoms with Gasteiger partial charge in [-0.2, -0.15) is 5.26 Å². The van der Waals surface area contributed by atoms with E-state index in [9.17, 15) is 9.59 Å². The molecule has 0 aromatic heterocycles. The molecule has 280 valence electrons. The van der Waals surface area contributed by atoms with E-state index in [4.69, 9.17) is 14.7 Å². The van der Waals surface area contributed by atoms with Crippen molar-refractivity contribution in [1.82, 2.24) is 15.5 Å². The summed E-state index contributed by atoms with van der Waals surface area (Å²) in [6.07, 6.45) is 28.7. The van der Waals surface area contributed by atoms with E-state index in [0.717, 1.165) is 129 Å². The Morgan fingerprint density at radius 2 is 1.19 bits per heavy atom. The average Bonchev–Trinajstić information content (AvgIpc) is 3.08. The van der Waals surface area contributed by atoms with Crippen molar-refractivity contribution in [1.29, 1.82) is 5.26 Å². The molecule has 0 saturated carbocycles. The van der Waals surface area contributed by atoms with Gasteiger partial charge in [0, 0.05) is 26.4 Å². The predicted molar refractivity (Wildman–Crippen MR) is 200 cm³/mol. The van der Waals surface area contributed by atoms with Crippen molar-refractivity contribution in [3.05, 3.63) is 0 Å². The second-order valence-corrected chi connectivity index (χ2v) is 13.4. The van der Waals surface area contributed by atoms with Crippen LogP contribution in [0.2, 0.25) is 0 Å². The molecule has 9 nitrogen and oxygen atoms in total. The van der Waals surface area contributed by atoms with Crippen molar-refractivity contribution < 1.29 is 19.1 Å². The number of hydrogen-bond acceptors (Lipinski definition) is 7. The van der Waals surface area contributed by atoms with E-state index < -0.39 is 0 Å². The van der Waals surface area contributed by atoms with Crippen LogP contribution < -0.4 is 10.6 Å². The van der Waals surface area contributed by atoms with Gasteiger partial charge in [0.2, 0.25) is 5.96 Å². The first kappa shape index (κ1) is 45.7. The van der Waals surface area contributed by atoms with Gasteiger partial charge in [0.05, 0.1) is 6.61 Å². The molecule has 48 heavy (non-hydrogen) atoms. The molecule has 1 atom stereocenters. The largest absolute Gasteiger partial charge is 0.466 e. The fourth-order valence-corrected chi connectivity index (χ4v) is 5.87. The molecule has 1 unspecified atom stereocenters. The Kier molecular flexibility index (Phi) is 34.2. The number of carbonyl (C=O) groups is 2. The maximum Gasteiger partial charge on any atom is 0.306 e. The van der Waals surface area contributed by atoms with Crippen molar-refractivity contribution in [3.63, 3.8) is 0 Å². The van der Waals surface area contributed by atoms with Crippen molar-refractivity contribution in [3.8, 4) is 6.19 Å². The van der Waals surface area contributed by atoms with Crippen LogP contribution in [0, 0.1) is 11.5 Å². The Labute approximate surface area is 295 Å². The smallest absolute Gasteiger partial charge is 0.306 e. The second-order valence-electron chi connectivity index (χ2n) is 13.4. The zero-order valence-electron chi connectivity index (χ0n) is 31.8. The molecule has 0 spiro atoms. The van der Waals surface area contributed by atoms with Crippen molar-refractivity contribution in [2.75, 3.05) is 39.8 Å². The van der Waals surface area contributed by atoms with Crippen LogP contribution in [-0.4, -0.2) is 68.7 Å². The summed E-state index contributed by atoms with van der Waals surface area (Å²) in [5.74, 6) is 0.457. The van der Waals surface area contributed by atoms with Gasteiger partial charge in [-0.25, -0.2) is 0 Å². The fourth-order valence-electron chi connectivity index (χ4n) is 5.87. The first-order valence-electron chi connectivity index (χ1n) is 19.9. The zero-order chi connectivity index (χ0) is 35.3. The average molecular weight is 678 g/mol. The Bertz CT molecular complexity index is 817. The summed E-state index contributed by atoms with van der Waals surface area (Å²) in [6, 6.07) is 0. The molecule has 0 heterocycles. The van der Waals surface area contributed by atoms with E-state index in [0.29, 0.717) is 25.4 Å². The van der Waals surface area contributed by atoms with E-state index >= 15 is 0 Å². The van der Waals surface area contributed by atoms with Crippen LogP contribution in [0.1, 0.15) is 181 Å². The number of unbranched alkanes of at least 4 members (excludes halogenated alkanes) is 15. The highest BCUT2D eigenvalue weighted by atomic mass is 16.5. The SMILES string of the molecule is CCCCCCCOC(=O)CCCCCCCN(CCCCCCCC(=O)OC(CCCC)CCCCC)CCCNC(=NC)NC#N. The highest BCUT2D eigenvalue weighted by molar-refractivity contribution is 5.80. The molecule has 0 saturated heterocycles. The third kappa shape index (κ3) is 31.0. The first-order chi connectivity index (χ1) is 23.5. The molecular formula is C39H75N5O4. The molecule has 0 amide bonds. The maximum atomic E-state index is 12.5. The number of rotatable bonds is 34. The van der Waals surface area contributed by atoms with Crippen molar-refractivity contribution in [2.45, 2.75) is 187 Å². The van der Waals surface area contributed by atoms with Crippen LogP contribution >= 0.6 is 0 Å². The number of esters is 2. The summed E-state index contributed by atoms with van der Waals surface area (Å²) in [6.45, 7) is 11.1. The molecule has 0 aromatic rings. The van der Waals surface area contributed by atoms with Gasteiger partial charge < -0.3 is 19.7 Å². The highest BCUT2D eigenvalue weighted by Crippen LogP contribution is 2.16. The number of nitrogens with one attached hydrogen (secondary N) is 2. The van der Waals surface area contributed by atoms with Gasteiger partial charge in [-0.15, -0.1) is 0 Å². The minimum absolute atomic E-state index is 0.0123. The Morgan fingerprint density at radius 3 is 1.81 bits per heavy atom. The van der Waals surface area contributed by atoms with Crippen LogP contribution in [0.5, 0.6) is 0 Å². The molecule has 9 heteroatoms. The number of guanidine groups is 1. The number of ether oxygens (including phenoxy) is 2. The lowest BCUT2D eigenvalue weighted by molar-refractivity contribution is -0.150. The molecule has 0 aromatic carbocycles. The van der Waals surface area contributed by atoms with Crippen LogP contribution in [-0.2, 0) is 19.1 Å². The number of aliphatic imine (C=N–C) groups is 1. The van der Waals surface area contributed by atoms with Gasteiger partial charge in [0.15, 0.2) is 6.19 Å². The van der Waals surface area contributed by atoms with Gasteiger partial charge in [0.25, 0.3) is 0 Å². The predicted octanol–water partition coefficient (Wildman–Crippen LogP) is 9.20. The molecule has 0 fully saturated rings. The summed E-state index contributed by atoms with van der Waals surface area (Å²) in [5.41, 5.74) is 0. The van der Waals surface area contributed by atoms with Gasteiger partial charge >= 0.3 is 11.9 Å². The van der Waals surface area contributed by atoms with Gasteiger partial charge in [-0.05, 0) is 77.4 Å². The summed E-state index contributed by atoms with van der Waals surface area (Å²) in [7, 11) is 1.67. The van der Waals surface area contributed by atoms with E-state index in [-0.39, 0.29) is 18.0 Å². The molecule has 0 bridgehead atoms. The zero-order valence-corrected chi connectivity index (χ0v) is 31.8. The minimum Gasteiger partial charge on any atom is -0.466 e. The number of nitriles is 1. The van der Waals surface area contributed by atoms with Gasteiger partial charge in [-0.1, -0.05) is 111 Å². The van der Waals surface area contributed by atoms with Gasteiger partial charge in [-0.3, -0.25) is 19.9 Å². The lowest BCUT2D eigenvalue weighted by Gasteiger charge is -2.22. The van der Waals surface area contributed by atoms with E-state index in [2.05, 4.69) is 41.3 Å². The van der Waals surface area contributed by atoms with E-state index in [1.54, 1.807) is 7.05 Å². The topological polar surface area (TPSA) is 116 Å². The van der Waals surface area contributed by atoms with Crippen molar-refractivity contribution in [2.24, 2.45) is 4.99 Å². The summed E-state index contributed by atoms with van der Waals surface area (Å²) in [5, 5.41) is 14.6. The molecule has 2 N–H and O–H groups in total. The standard InChI is InChI=1S/C39H75N5O4/c1-5-8-11-18-24-34-47-37(45)28-20-14-12-16-22-31-44(33-25-30-42-39(41-4)43-35-40)32-23-17-13-15-21-29-38(46)48-36(26-10-7-3)27-19-9-6-2/h36H,5-34H2,1-4H3,(H2,41,42,43).